The highest BCUT2D eigenvalue weighted by atomic mass is 35.5. The molecule has 1 aliphatic heterocycles. The first-order valence-corrected chi connectivity index (χ1v) is 9.67. The molecule has 1 atom stereocenters. The Hall–Kier alpha value is -2.83. The van der Waals surface area contributed by atoms with Crippen molar-refractivity contribution in [1.29, 1.82) is 0 Å². The van der Waals surface area contributed by atoms with Crippen LogP contribution in [-0.4, -0.2) is 24.1 Å². The SMILES string of the molecule is CCOC(=O)C1=C(N)N(c2ccc(Cl)cc2Cl)N=C(C(C)=O)C1c1ccccc1. The van der Waals surface area contributed by atoms with Crippen molar-refractivity contribution in [2.45, 2.75) is 19.8 Å². The molecule has 2 aromatic rings. The lowest BCUT2D eigenvalue weighted by Gasteiger charge is -2.32. The molecule has 1 aliphatic rings. The minimum atomic E-state index is -0.755. The molecule has 0 aliphatic carbocycles. The van der Waals surface area contributed by atoms with Crippen LogP contribution in [0.1, 0.15) is 25.3 Å². The summed E-state index contributed by atoms with van der Waals surface area (Å²) in [6, 6.07) is 13.8. The number of carbonyl (C=O) groups is 2. The molecule has 8 heteroatoms. The lowest BCUT2D eigenvalue weighted by molar-refractivity contribution is -0.138. The van der Waals surface area contributed by atoms with Gasteiger partial charge >= 0.3 is 5.97 Å². The molecule has 29 heavy (non-hydrogen) atoms. The van der Waals surface area contributed by atoms with Crippen LogP contribution in [0.2, 0.25) is 10.0 Å². The monoisotopic (exact) mass is 431 g/mol. The van der Waals surface area contributed by atoms with E-state index in [4.69, 9.17) is 33.7 Å². The number of ether oxygens (including phenoxy) is 1. The molecule has 0 bridgehead atoms. The van der Waals surface area contributed by atoms with Crippen molar-refractivity contribution in [2.24, 2.45) is 10.8 Å². The van der Waals surface area contributed by atoms with E-state index < -0.39 is 11.9 Å². The maximum Gasteiger partial charge on any atom is 0.338 e. The van der Waals surface area contributed by atoms with Gasteiger partial charge in [-0.1, -0.05) is 53.5 Å². The van der Waals surface area contributed by atoms with Gasteiger partial charge in [-0.2, -0.15) is 5.10 Å². The molecule has 0 aromatic heterocycles. The Labute approximate surface area is 178 Å². The Bertz CT molecular complexity index is 1020. The molecule has 0 saturated heterocycles. The number of hydrazone groups is 1. The zero-order valence-corrected chi connectivity index (χ0v) is 17.4. The van der Waals surface area contributed by atoms with E-state index >= 15 is 0 Å². The largest absolute Gasteiger partial charge is 0.463 e. The Morgan fingerprint density at radius 3 is 2.45 bits per heavy atom. The van der Waals surface area contributed by atoms with Crippen LogP contribution in [0, 0.1) is 0 Å². The van der Waals surface area contributed by atoms with E-state index in [1.54, 1.807) is 31.2 Å². The number of carbonyl (C=O) groups excluding carboxylic acids is 2. The second-order valence-corrected chi connectivity index (χ2v) is 7.16. The summed E-state index contributed by atoms with van der Waals surface area (Å²) >= 11 is 12.3. The second-order valence-electron chi connectivity index (χ2n) is 6.31. The maximum absolute atomic E-state index is 12.9. The van der Waals surface area contributed by atoms with E-state index in [1.165, 1.54) is 18.0 Å². The molecule has 0 spiro atoms. The van der Waals surface area contributed by atoms with Crippen LogP contribution in [0.15, 0.2) is 65.0 Å². The predicted molar refractivity (Wildman–Crippen MR) is 114 cm³/mol. The first-order chi connectivity index (χ1) is 13.8. The number of hydrogen-bond acceptors (Lipinski definition) is 6. The molecule has 6 nitrogen and oxygen atoms in total. The smallest absolute Gasteiger partial charge is 0.338 e. The fourth-order valence-electron chi connectivity index (χ4n) is 3.13. The van der Waals surface area contributed by atoms with Gasteiger partial charge in [0.2, 0.25) is 0 Å². The minimum Gasteiger partial charge on any atom is -0.463 e. The lowest BCUT2D eigenvalue weighted by Crippen LogP contribution is -2.39. The second kappa shape index (κ2) is 8.68. The number of Topliss-reactive ketones (excluding diaryl/α,β-unsaturated/α-hetero) is 1. The number of ketones is 1. The number of benzene rings is 2. The van der Waals surface area contributed by atoms with E-state index in [1.807, 2.05) is 18.2 Å². The topological polar surface area (TPSA) is 85.0 Å². The van der Waals surface area contributed by atoms with E-state index in [9.17, 15) is 9.59 Å². The van der Waals surface area contributed by atoms with Gasteiger partial charge in [-0.3, -0.25) is 4.79 Å². The van der Waals surface area contributed by atoms with Crippen LogP contribution in [0.3, 0.4) is 0 Å². The molecular formula is C21H19Cl2N3O3. The third kappa shape index (κ3) is 4.13. The Morgan fingerprint density at radius 2 is 1.86 bits per heavy atom. The average Bonchev–Trinajstić information content (AvgIpc) is 2.68. The van der Waals surface area contributed by atoms with Crippen molar-refractivity contribution in [3.63, 3.8) is 0 Å². The lowest BCUT2D eigenvalue weighted by atomic mass is 9.84. The number of esters is 1. The third-order valence-corrected chi connectivity index (χ3v) is 4.94. The molecule has 2 N–H and O–H groups in total. The van der Waals surface area contributed by atoms with E-state index in [2.05, 4.69) is 5.10 Å². The molecule has 0 radical (unpaired) electrons. The van der Waals surface area contributed by atoms with Crippen LogP contribution < -0.4 is 10.7 Å². The van der Waals surface area contributed by atoms with E-state index in [-0.39, 0.29) is 34.5 Å². The summed E-state index contributed by atoms with van der Waals surface area (Å²) in [6.45, 7) is 3.24. The Kier molecular flexibility index (Phi) is 6.25. The zero-order valence-electron chi connectivity index (χ0n) is 15.9. The summed E-state index contributed by atoms with van der Waals surface area (Å²) in [4.78, 5) is 25.4. The van der Waals surface area contributed by atoms with Crippen LogP contribution in [0.4, 0.5) is 5.69 Å². The molecule has 0 saturated carbocycles. The molecule has 150 valence electrons. The zero-order chi connectivity index (χ0) is 21.1. The minimum absolute atomic E-state index is 0.0338. The van der Waals surface area contributed by atoms with Crippen molar-refractivity contribution in [3.05, 3.63) is 75.5 Å². The highest BCUT2D eigenvalue weighted by molar-refractivity contribution is 6.43. The summed E-state index contributed by atoms with van der Waals surface area (Å²) in [5.74, 6) is -1.65. The van der Waals surface area contributed by atoms with Crippen LogP contribution >= 0.6 is 23.2 Å². The molecule has 2 aromatic carbocycles. The molecular weight excluding hydrogens is 413 g/mol. The van der Waals surface area contributed by atoms with Gasteiger partial charge in [-0.25, -0.2) is 9.80 Å². The van der Waals surface area contributed by atoms with Crippen molar-refractivity contribution >= 4 is 46.4 Å². The molecule has 3 rings (SSSR count). The average molecular weight is 432 g/mol. The van der Waals surface area contributed by atoms with Crippen molar-refractivity contribution in [1.82, 2.24) is 0 Å². The summed E-state index contributed by atoms with van der Waals surface area (Å²) in [5, 5.41) is 6.44. The van der Waals surface area contributed by atoms with E-state index in [0.717, 1.165) is 0 Å². The van der Waals surface area contributed by atoms with Gasteiger partial charge in [0.15, 0.2) is 5.78 Å². The first-order valence-electron chi connectivity index (χ1n) is 8.91. The predicted octanol–water partition coefficient (Wildman–Crippen LogP) is 4.28. The van der Waals surface area contributed by atoms with Gasteiger partial charge in [-0.15, -0.1) is 0 Å². The van der Waals surface area contributed by atoms with Gasteiger partial charge in [0.05, 0.1) is 28.8 Å². The van der Waals surface area contributed by atoms with Gasteiger partial charge in [0.1, 0.15) is 11.5 Å². The van der Waals surface area contributed by atoms with Crippen molar-refractivity contribution in [3.8, 4) is 0 Å². The van der Waals surface area contributed by atoms with Crippen LogP contribution in [0.25, 0.3) is 0 Å². The fraction of sp³-hybridized carbons (Fsp3) is 0.190. The molecule has 0 amide bonds. The van der Waals surface area contributed by atoms with Gasteiger partial charge < -0.3 is 10.5 Å². The first kappa shape index (κ1) is 20.9. The standard InChI is InChI=1S/C21H19Cl2N3O3/c1-3-29-21(28)18-17(13-7-5-4-6-8-13)19(12(2)27)25-26(20(18)24)16-10-9-14(22)11-15(16)23/h4-11,17H,3,24H2,1-2H3. The number of nitrogens with zero attached hydrogens (tertiary/aromatic N) is 2. The number of rotatable bonds is 5. The van der Waals surface area contributed by atoms with Crippen molar-refractivity contribution in [2.75, 3.05) is 11.6 Å². The Balaban J connectivity index is 2.25. The molecule has 0 fully saturated rings. The summed E-state index contributed by atoms with van der Waals surface area (Å²) in [6.07, 6.45) is 0. The Morgan fingerprint density at radius 1 is 1.17 bits per heavy atom. The number of anilines is 1. The van der Waals surface area contributed by atoms with Crippen LogP contribution in [-0.2, 0) is 14.3 Å². The quantitative estimate of drug-likeness (QED) is 0.714. The highest BCUT2D eigenvalue weighted by Crippen LogP contribution is 2.38. The van der Waals surface area contributed by atoms with Gasteiger partial charge in [0, 0.05) is 11.9 Å². The van der Waals surface area contributed by atoms with E-state index in [0.29, 0.717) is 16.3 Å². The fourth-order valence-corrected chi connectivity index (χ4v) is 3.62. The van der Waals surface area contributed by atoms with Crippen molar-refractivity contribution < 1.29 is 14.3 Å². The summed E-state index contributed by atoms with van der Waals surface area (Å²) in [7, 11) is 0. The molecule has 1 heterocycles. The third-order valence-electron chi connectivity index (χ3n) is 4.40. The number of nitrogens with two attached hydrogens (primary N) is 1. The van der Waals surface area contributed by atoms with Gasteiger partial charge in [-0.05, 0) is 30.7 Å². The number of halogens is 2. The maximum atomic E-state index is 12.9. The van der Waals surface area contributed by atoms with Crippen LogP contribution in [0.5, 0.6) is 0 Å². The van der Waals surface area contributed by atoms with Gasteiger partial charge in [0.25, 0.3) is 0 Å². The normalized spacial score (nSPS) is 16.5. The number of hydrogen-bond donors (Lipinski definition) is 1. The summed E-state index contributed by atoms with van der Waals surface area (Å²) < 4.78 is 5.24. The molecule has 1 unspecified atom stereocenters. The highest BCUT2D eigenvalue weighted by Gasteiger charge is 2.39. The summed E-state index contributed by atoms with van der Waals surface area (Å²) in [5.41, 5.74) is 7.75.